The summed E-state index contributed by atoms with van der Waals surface area (Å²) in [7, 11) is 0. The molecule has 0 rings (SSSR count). The van der Waals surface area contributed by atoms with Crippen LogP contribution in [0.25, 0.3) is 0 Å². The molecule has 8 heavy (non-hydrogen) atoms. The van der Waals surface area contributed by atoms with Crippen LogP contribution in [-0.4, -0.2) is 16.3 Å². The molecule has 0 heterocycles. The zero-order valence-corrected chi connectivity index (χ0v) is 7.98. The number of carbonyl (C=O) groups is 1. The monoisotopic (exact) mass is 144 g/mol. The number of carboxylic acids is 1. The maximum absolute atomic E-state index is 9.76. The Hall–Kier alpha value is 0.820. The first-order chi connectivity index (χ1) is 3.13. The SMILES string of the molecule is CC(S)CC(=O)O.[H-].[Na+]. The van der Waals surface area contributed by atoms with E-state index < -0.39 is 5.97 Å². The summed E-state index contributed by atoms with van der Waals surface area (Å²) in [6, 6.07) is 0. The quantitative estimate of drug-likeness (QED) is 0.344. The van der Waals surface area contributed by atoms with Crippen molar-refractivity contribution >= 4 is 18.6 Å². The van der Waals surface area contributed by atoms with Gasteiger partial charge in [0.2, 0.25) is 0 Å². The normalized spacial score (nSPS) is 11.8. The van der Waals surface area contributed by atoms with Gasteiger partial charge in [0.15, 0.2) is 0 Å². The minimum atomic E-state index is -0.789. The average Bonchev–Trinajstić information content (AvgIpc) is 1.27. The maximum Gasteiger partial charge on any atom is 1.00 e. The van der Waals surface area contributed by atoms with Gasteiger partial charge >= 0.3 is 35.5 Å². The molecule has 0 aromatic carbocycles. The molecular formula is C4H9NaO2S. The number of aliphatic carboxylic acids is 1. The number of carboxylic acid groups (broad SMARTS) is 1. The van der Waals surface area contributed by atoms with Gasteiger partial charge in [0.25, 0.3) is 0 Å². The second kappa shape index (κ2) is 5.95. The molecule has 0 radical (unpaired) electrons. The molecule has 0 aliphatic rings. The molecular weight excluding hydrogens is 135 g/mol. The van der Waals surface area contributed by atoms with Gasteiger partial charge in [-0.05, 0) is 0 Å². The number of rotatable bonds is 2. The van der Waals surface area contributed by atoms with E-state index in [0.29, 0.717) is 0 Å². The van der Waals surface area contributed by atoms with E-state index in [2.05, 4.69) is 12.6 Å². The minimum absolute atomic E-state index is 0. The molecule has 0 aliphatic carbocycles. The van der Waals surface area contributed by atoms with E-state index in [-0.39, 0.29) is 42.7 Å². The first-order valence-corrected chi connectivity index (χ1v) is 2.54. The predicted octanol–water partition coefficient (Wildman–Crippen LogP) is -2.10. The van der Waals surface area contributed by atoms with E-state index in [0.717, 1.165) is 0 Å². The molecule has 0 fully saturated rings. The summed E-state index contributed by atoms with van der Waals surface area (Å²) in [5.41, 5.74) is 0. The van der Waals surface area contributed by atoms with Gasteiger partial charge < -0.3 is 6.53 Å². The van der Waals surface area contributed by atoms with E-state index in [1.165, 1.54) is 0 Å². The number of thiol groups is 1. The van der Waals surface area contributed by atoms with Crippen LogP contribution >= 0.6 is 12.6 Å². The van der Waals surface area contributed by atoms with Gasteiger partial charge in [0.05, 0.1) is 6.42 Å². The van der Waals surface area contributed by atoms with E-state index in [4.69, 9.17) is 5.11 Å². The third kappa shape index (κ3) is 9.94. The zero-order chi connectivity index (χ0) is 5.86. The fraction of sp³-hybridized carbons (Fsp3) is 0.750. The second-order valence-electron chi connectivity index (χ2n) is 1.45. The molecule has 44 valence electrons. The molecule has 0 saturated carbocycles. The molecule has 4 heteroatoms. The van der Waals surface area contributed by atoms with E-state index in [9.17, 15) is 4.79 Å². The molecule has 1 atom stereocenters. The third-order valence-electron chi connectivity index (χ3n) is 0.470. The number of hydrogen-bond donors (Lipinski definition) is 2. The fourth-order valence-electron chi connectivity index (χ4n) is 0.253. The van der Waals surface area contributed by atoms with Gasteiger partial charge in [-0.15, -0.1) is 0 Å². The molecule has 0 aromatic heterocycles. The zero-order valence-electron chi connectivity index (χ0n) is 6.09. The largest absolute Gasteiger partial charge is 1.00 e. The Kier molecular flexibility index (Phi) is 8.62. The van der Waals surface area contributed by atoms with Crippen molar-refractivity contribution in [3.8, 4) is 0 Å². The van der Waals surface area contributed by atoms with Crippen molar-refractivity contribution in [1.29, 1.82) is 0 Å². The molecule has 0 spiro atoms. The Morgan fingerprint density at radius 3 is 2.38 bits per heavy atom. The summed E-state index contributed by atoms with van der Waals surface area (Å²) >= 11 is 3.86. The van der Waals surface area contributed by atoms with Crippen LogP contribution in [0, 0.1) is 0 Å². The number of hydrogen-bond acceptors (Lipinski definition) is 2. The summed E-state index contributed by atoms with van der Waals surface area (Å²) < 4.78 is 0. The molecule has 0 amide bonds. The van der Waals surface area contributed by atoms with Gasteiger partial charge in [-0.1, -0.05) is 6.92 Å². The van der Waals surface area contributed by atoms with Crippen molar-refractivity contribution in [3.63, 3.8) is 0 Å². The van der Waals surface area contributed by atoms with Crippen LogP contribution in [0.2, 0.25) is 0 Å². The fourth-order valence-corrected chi connectivity index (χ4v) is 0.409. The molecule has 1 N–H and O–H groups in total. The van der Waals surface area contributed by atoms with Crippen molar-refractivity contribution in [2.24, 2.45) is 0 Å². The molecule has 0 aromatic rings. The van der Waals surface area contributed by atoms with Crippen LogP contribution in [-0.2, 0) is 4.79 Å². The molecule has 1 unspecified atom stereocenters. The van der Waals surface area contributed by atoms with Crippen LogP contribution in [0.5, 0.6) is 0 Å². The van der Waals surface area contributed by atoms with Crippen molar-refractivity contribution in [2.45, 2.75) is 18.6 Å². The summed E-state index contributed by atoms with van der Waals surface area (Å²) in [5, 5.41) is 8.00. The Morgan fingerprint density at radius 2 is 2.38 bits per heavy atom. The Balaban J connectivity index is -0.000000180. The first kappa shape index (κ1) is 11.6. The molecule has 0 aliphatic heterocycles. The van der Waals surface area contributed by atoms with E-state index >= 15 is 0 Å². The van der Waals surface area contributed by atoms with Crippen LogP contribution in [0.3, 0.4) is 0 Å². The first-order valence-electron chi connectivity index (χ1n) is 2.03. The second-order valence-corrected chi connectivity index (χ2v) is 2.33. The predicted molar refractivity (Wildman–Crippen MR) is 31.8 cm³/mol. The minimum Gasteiger partial charge on any atom is -1.00 e. The molecule has 0 saturated heterocycles. The van der Waals surface area contributed by atoms with Gasteiger partial charge in [0, 0.05) is 5.25 Å². The van der Waals surface area contributed by atoms with Crippen LogP contribution in [0.1, 0.15) is 14.8 Å². The standard InChI is InChI=1S/C4H8O2S.Na.H/c1-3(7)2-4(5)6;;/h3,7H,2H2,1H3,(H,5,6);;/q;+1;-1. The molecule has 0 bridgehead atoms. The topological polar surface area (TPSA) is 37.3 Å². The summed E-state index contributed by atoms with van der Waals surface area (Å²) in [6.07, 6.45) is 0.142. The van der Waals surface area contributed by atoms with Gasteiger partial charge in [-0.3, -0.25) is 4.79 Å². The van der Waals surface area contributed by atoms with Crippen molar-refractivity contribution < 1.29 is 40.9 Å². The van der Waals surface area contributed by atoms with Gasteiger partial charge in [-0.2, -0.15) is 12.6 Å². The Labute approximate surface area is 77.8 Å². The summed E-state index contributed by atoms with van der Waals surface area (Å²) in [6.45, 7) is 1.75. The summed E-state index contributed by atoms with van der Waals surface area (Å²) in [4.78, 5) is 9.76. The van der Waals surface area contributed by atoms with Gasteiger partial charge in [-0.25, -0.2) is 0 Å². The van der Waals surface area contributed by atoms with Crippen molar-refractivity contribution in [1.82, 2.24) is 0 Å². The van der Waals surface area contributed by atoms with Crippen LogP contribution in [0.4, 0.5) is 0 Å². The third-order valence-corrected chi connectivity index (χ3v) is 0.653. The van der Waals surface area contributed by atoms with Crippen LogP contribution in [0.15, 0.2) is 0 Å². The van der Waals surface area contributed by atoms with E-state index in [1.807, 2.05) is 0 Å². The average molecular weight is 144 g/mol. The van der Waals surface area contributed by atoms with Crippen LogP contribution < -0.4 is 29.6 Å². The smallest absolute Gasteiger partial charge is 1.00 e. The summed E-state index contributed by atoms with van der Waals surface area (Å²) in [5.74, 6) is -0.789. The van der Waals surface area contributed by atoms with Crippen molar-refractivity contribution in [2.75, 3.05) is 0 Å². The molecule has 2 nitrogen and oxygen atoms in total. The van der Waals surface area contributed by atoms with Gasteiger partial charge in [0.1, 0.15) is 0 Å². The Morgan fingerprint density at radius 1 is 2.00 bits per heavy atom. The van der Waals surface area contributed by atoms with Crippen molar-refractivity contribution in [3.05, 3.63) is 0 Å². The maximum atomic E-state index is 9.76. The Bertz CT molecular complexity index is 79.0. The van der Waals surface area contributed by atoms with E-state index in [1.54, 1.807) is 6.92 Å².